The fourth-order valence-corrected chi connectivity index (χ4v) is 2.81. The van der Waals surface area contributed by atoms with Crippen molar-refractivity contribution in [1.29, 1.82) is 0 Å². The molecular weight excluding hydrogens is 318 g/mol. The first-order valence-corrected chi connectivity index (χ1v) is 9.08. The third-order valence-corrected chi connectivity index (χ3v) is 4.83. The molecule has 0 fully saturated rings. The Morgan fingerprint density at radius 3 is 1.50 bits per heavy atom. The van der Waals surface area contributed by atoms with E-state index < -0.39 is 0 Å². The van der Waals surface area contributed by atoms with Crippen LogP contribution in [0.25, 0.3) is 0 Å². The SMILES string of the molecule is Cc1ccc(NCc2cccc(CNc3ccc(C)c(C)c3)n2)cc1C. The first kappa shape index (κ1) is 18.0. The standard InChI is InChI=1S/C23H27N3/c1-16-8-10-20(12-18(16)3)24-14-22-6-5-7-23(26-22)15-25-21-11-9-17(2)19(4)13-21/h5-13,24-25H,14-15H2,1-4H3. The molecule has 0 atom stereocenters. The van der Waals surface area contributed by atoms with Crippen LogP contribution in [0.4, 0.5) is 11.4 Å². The molecule has 0 unspecified atom stereocenters. The van der Waals surface area contributed by atoms with Crippen molar-refractivity contribution in [3.8, 4) is 0 Å². The van der Waals surface area contributed by atoms with Crippen LogP contribution in [0.5, 0.6) is 0 Å². The number of pyridine rings is 1. The van der Waals surface area contributed by atoms with E-state index in [1.165, 1.54) is 22.3 Å². The number of rotatable bonds is 6. The van der Waals surface area contributed by atoms with Gasteiger partial charge in [-0.05, 0) is 86.3 Å². The average molecular weight is 345 g/mol. The van der Waals surface area contributed by atoms with Crippen LogP contribution in [0, 0.1) is 27.7 Å². The van der Waals surface area contributed by atoms with Crippen molar-refractivity contribution >= 4 is 11.4 Å². The molecule has 3 nitrogen and oxygen atoms in total. The van der Waals surface area contributed by atoms with Gasteiger partial charge < -0.3 is 10.6 Å². The van der Waals surface area contributed by atoms with E-state index in [1.54, 1.807) is 0 Å². The van der Waals surface area contributed by atoms with Crippen molar-refractivity contribution in [3.63, 3.8) is 0 Å². The lowest BCUT2D eigenvalue weighted by Crippen LogP contribution is -2.06. The molecule has 0 saturated carbocycles. The Morgan fingerprint density at radius 2 is 1.08 bits per heavy atom. The Labute approximate surface area is 156 Å². The minimum Gasteiger partial charge on any atom is -0.379 e. The Morgan fingerprint density at radius 1 is 0.615 bits per heavy atom. The fraction of sp³-hybridized carbons (Fsp3) is 0.261. The molecule has 3 aromatic rings. The molecule has 2 N–H and O–H groups in total. The summed E-state index contributed by atoms with van der Waals surface area (Å²) < 4.78 is 0. The molecule has 134 valence electrons. The zero-order valence-electron chi connectivity index (χ0n) is 16.1. The predicted molar refractivity (Wildman–Crippen MR) is 111 cm³/mol. The van der Waals surface area contributed by atoms with Crippen LogP contribution < -0.4 is 10.6 Å². The molecule has 1 heterocycles. The van der Waals surface area contributed by atoms with Gasteiger partial charge >= 0.3 is 0 Å². The van der Waals surface area contributed by atoms with Gasteiger partial charge in [-0.1, -0.05) is 18.2 Å². The Balaban J connectivity index is 1.60. The highest BCUT2D eigenvalue weighted by molar-refractivity contribution is 5.49. The smallest absolute Gasteiger partial charge is 0.0598 e. The van der Waals surface area contributed by atoms with E-state index in [-0.39, 0.29) is 0 Å². The lowest BCUT2D eigenvalue weighted by molar-refractivity contribution is 0.965. The summed E-state index contributed by atoms with van der Waals surface area (Å²) in [7, 11) is 0. The number of anilines is 2. The number of nitrogens with one attached hydrogen (secondary N) is 2. The van der Waals surface area contributed by atoms with Crippen LogP contribution >= 0.6 is 0 Å². The van der Waals surface area contributed by atoms with Crippen LogP contribution in [-0.2, 0) is 13.1 Å². The summed E-state index contributed by atoms with van der Waals surface area (Å²) in [5, 5.41) is 6.92. The topological polar surface area (TPSA) is 37.0 Å². The van der Waals surface area contributed by atoms with Crippen molar-refractivity contribution in [3.05, 3.63) is 88.2 Å². The summed E-state index contributed by atoms with van der Waals surface area (Å²) in [6, 6.07) is 19.1. The zero-order chi connectivity index (χ0) is 18.5. The highest BCUT2D eigenvalue weighted by atomic mass is 14.9. The van der Waals surface area contributed by atoms with Gasteiger partial charge in [0.2, 0.25) is 0 Å². The molecule has 0 saturated heterocycles. The third-order valence-electron chi connectivity index (χ3n) is 4.83. The van der Waals surface area contributed by atoms with Crippen LogP contribution in [0.15, 0.2) is 54.6 Å². The minimum atomic E-state index is 0.722. The molecule has 0 amide bonds. The fourth-order valence-electron chi connectivity index (χ4n) is 2.81. The number of benzene rings is 2. The maximum Gasteiger partial charge on any atom is 0.0598 e. The molecule has 1 aromatic heterocycles. The summed E-state index contributed by atoms with van der Waals surface area (Å²) in [4.78, 5) is 4.76. The average Bonchev–Trinajstić information content (AvgIpc) is 2.64. The number of aromatic nitrogens is 1. The first-order chi connectivity index (χ1) is 12.5. The molecule has 0 radical (unpaired) electrons. The molecule has 0 spiro atoms. The van der Waals surface area contributed by atoms with E-state index in [2.05, 4.69) is 92.9 Å². The maximum absolute atomic E-state index is 4.76. The van der Waals surface area contributed by atoms with Gasteiger partial charge in [0.15, 0.2) is 0 Å². The normalized spacial score (nSPS) is 10.6. The van der Waals surface area contributed by atoms with E-state index in [1.807, 2.05) is 0 Å². The van der Waals surface area contributed by atoms with Crippen LogP contribution in [0.1, 0.15) is 33.6 Å². The second-order valence-corrected chi connectivity index (χ2v) is 6.93. The highest BCUT2D eigenvalue weighted by Gasteiger charge is 2.01. The molecule has 0 aliphatic carbocycles. The quantitative estimate of drug-likeness (QED) is 0.616. The molecule has 26 heavy (non-hydrogen) atoms. The second kappa shape index (κ2) is 8.05. The summed E-state index contributed by atoms with van der Waals surface area (Å²) in [6.45, 7) is 9.98. The summed E-state index contributed by atoms with van der Waals surface area (Å²) >= 11 is 0. The van der Waals surface area contributed by atoms with Gasteiger partial charge in [0, 0.05) is 11.4 Å². The number of aryl methyl sites for hydroxylation is 4. The monoisotopic (exact) mass is 345 g/mol. The van der Waals surface area contributed by atoms with E-state index in [9.17, 15) is 0 Å². The second-order valence-electron chi connectivity index (χ2n) is 6.93. The molecule has 3 heteroatoms. The summed E-state index contributed by atoms with van der Waals surface area (Å²) in [5.74, 6) is 0. The van der Waals surface area contributed by atoms with Gasteiger partial charge in [-0.2, -0.15) is 0 Å². The molecule has 0 aliphatic heterocycles. The van der Waals surface area contributed by atoms with E-state index >= 15 is 0 Å². The number of nitrogens with zero attached hydrogens (tertiary/aromatic N) is 1. The van der Waals surface area contributed by atoms with Gasteiger partial charge in [-0.25, -0.2) is 0 Å². The summed E-state index contributed by atoms with van der Waals surface area (Å²) in [5.41, 5.74) is 9.58. The van der Waals surface area contributed by atoms with Crippen molar-refractivity contribution in [2.24, 2.45) is 0 Å². The maximum atomic E-state index is 4.76. The Bertz CT molecular complexity index is 829. The van der Waals surface area contributed by atoms with Gasteiger partial charge in [-0.3, -0.25) is 4.98 Å². The van der Waals surface area contributed by atoms with Gasteiger partial charge in [0.05, 0.1) is 24.5 Å². The zero-order valence-corrected chi connectivity index (χ0v) is 16.1. The molecular formula is C23H27N3. The van der Waals surface area contributed by atoms with Gasteiger partial charge in [0.25, 0.3) is 0 Å². The van der Waals surface area contributed by atoms with Crippen molar-refractivity contribution < 1.29 is 0 Å². The Hall–Kier alpha value is -2.81. The number of hydrogen-bond donors (Lipinski definition) is 2. The van der Waals surface area contributed by atoms with Crippen LogP contribution in [0.3, 0.4) is 0 Å². The largest absolute Gasteiger partial charge is 0.379 e. The van der Waals surface area contributed by atoms with E-state index in [4.69, 9.17) is 4.98 Å². The lowest BCUT2D eigenvalue weighted by atomic mass is 10.1. The highest BCUT2D eigenvalue weighted by Crippen LogP contribution is 2.16. The molecule has 3 rings (SSSR count). The first-order valence-electron chi connectivity index (χ1n) is 9.08. The molecule has 2 aromatic carbocycles. The van der Waals surface area contributed by atoms with E-state index in [0.29, 0.717) is 0 Å². The number of hydrogen-bond acceptors (Lipinski definition) is 3. The van der Waals surface area contributed by atoms with Crippen molar-refractivity contribution in [2.75, 3.05) is 10.6 Å². The van der Waals surface area contributed by atoms with E-state index in [0.717, 1.165) is 35.9 Å². The van der Waals surface area contributed by atoms with Gasteiger partial charge in [0.1, 0.15) is 0 Å². The van der Waals surface area contributed by atoms with Crippen molar-refractivity contribution in [2.45, 2.75) is 40.8 Å². The van der Waals surface area contributed by atoms with Crippen LogP contribution in [-0.4, -0.2) is 4.98 Å². The van der Waals surface area contributed by atoms with Crippen molar-refractivity contribution in [1.82, 2.24) is 4.98 Å². The van der Waals surface area contributed by atoms with Crippen LogP contribution in [0.2, 0.25) is 0 Å². The Kier molecular flexibility index (Phi) is 5.57. The predicted octanol–water partition coefficient (Wildman–Crippen LogP) is 5.54. The summed E-state index contributed by atoms with van der Waals surface area (Å²) in [6.07, 6.45) is 0. The third kappa shape index (κ3) is 4.63. The minimum absolute atomic E-state index is 0.722. The lowest BCUT2D eigenvalue weighted by Gasteiger charge is -2.11. The molecule has 0 aliphatic rings. The van der Waals surface area contributed by atoms with Gasteiger partial charge in [-0.15, -0.1) is 0 Å². The molecule has 0 bridgehead atoms.